The lowest BCUT2D eigenvalue weighted by Gasteiger charge is -2.36. The molecule has 0 unspecified atom stereocenters. The molecule has 1 aliphatic heterocycles. The third-order valence-electron chi connectivity index (χ3n) is 2.56. The number of hydrogen-bond donors (Lipinski definition) is 2. The SMILES string of the molecule is NC1CN(CC(=O)Nc2ccc(F)cc2Cl)C1. The van der Waals surface area contributed by atoms with Crippen molar-refractivity contribution in [3.63, 3.8) is 0 Å². The lowest BCUT2D eigenvalue weighted by Crippen LogP contribution is -2.57. The maximum Gasteiger partial charge on any atom is 0.238 e. The molecule has 0 bridgehead atoms. The Hall–Kier alpha value is -1.17. The molecule has 0 radical (unpaired) electrons. The zero-order valence-corrected chi connectivity index (χ0v) is 9.88. The van der Waals surface area contributed by atoms with Gasteiger partial charge in [-0.3, -0.25) is 9.69 Å². The van der Waals surface area contributed by atoms with E-state index >= 15 is 0 Å². The van der Waals surface area contributed by atoms with E-state index in [4.69, 9.17) is 17.3 Å². The summed E-state index contributed by atoms with van der Waals surface area (Å²) in [7, 11) is 0. The molecule has 2 rings (SSSR count). The number of rotatable bonds is 3. The fraction of sp³-hybridized carbons (Fsp3) is 0.364. The van der Waals surface area contributed by atoms with E-state index in [1.165, 1.54) is 12.1 Å². The molecule has 0 aliphatic carbocycles. The lowest BCUT2D eigenvalue weighted by atomic mass is 10.1. The molecule has 1 aromatic carbocycles. The van der Waals surface area contributed by atoms with Crippen LogP contribution in [0.15, 0.2) is 18.2 Å². The number of nitrogens with zero attached hydrogens (tertiary/aromatic N) is 1. The maximum absolute atomic E-state index is 12.8. The standard InChI is InChI=1S/C11H13ClFN3O/c12-9-3-7(13)1-2-10(9)15-11(17)6-16-4-8(14)5-16/h1-3,8H,4-6,14H2,(H,15,17). The zero-order chi connectivity index (χ0) is 12.4. The van der Waals surface area contributed by atoms with Gasteiger partial charge in [0.15, 0.2) is 0 Å². The van der Waals surface area contributed by atoms with Crippen molar-refractivity contribution in [3.8, 4) is 0 Å². The molecular weight excluding hydrogens is 245 g/mol. The molecule has 1 aliphatic rings. The molecular formula is C11H13ClFN3O. The van der Waals surface area contributed by atoms with E-state index in [1.807, 2.05) is 4.90 Å². The van der Waals surface area contributed by atoms with E-state index < -0.39 is 5.82 Å². The van der Waals surface area contributed by atoms with Gasteiger partial charge in [-0.1, -0.05) is 11.6 Å². The number of halogens is 2. The Kier molecular flexibility index (Phi) is 3.61. The third kappa shape index (κ3) is 3.15. The summed E-state index contributed by atoms with van der Waals surface area (Å²) in [5.74, 6) is -0.605. The van der Waals surface area contributed by atoms with Crippen LogP contribution in [-0.2, 0) is 4.79 Å². The molecule has 92 valence electrons. The van der Waals surface area contributed by atoms with Crippen molar-refractivity contribution < 1.29 is 9.18 Å². The fourth-order valence-corrected chi connectivity index (χ4v) is 1.94. The number of nitrogens with one attached hydrogen (secondary N) is 1. The molecule has 1 saturated heterocycles. The van der Waals surface area contributed by atoms with Crippen LogP contribution in [0.5, 0.6) is 0 Å². The summed E-state index contributed by atoms with van der Waals surface area (Å²) in [5, 5.41) is 2.82. The number of amides is 1. The number of carbonyl (C=O) groups excluding carboxylic acids is 1. The zero-order valence-electron chi connectivity index (χ0n) is 9.12. The van der Waals surface area contributed by atoms with Gasteiger partial charge in [-0.15, -0.1) is 0 Å². The van der Waals surface area contributed by atoms with Crippen LogP contribution in [0.1, 0.15) is 0 Å². The van der Waals surface area contributed by atoms with E-state index in [1.54, 1.807) is 0 Å². The minimum Gasteiger partial charge on any atom is -0.325 e. The highest BCUT2D eigenvalue weighted by Crippen LogP contribution is 2.22. The second-order valence-corrected chi connectivity index (χ2v) is 4.53. The Morgan fingerprint density at radius 1 is 1.59 bits per heavy atom. The number of carbonyl (C=O) groups is 1. The van der Waals surface area contributed by atoms with Crippen molar-refractivity contribution in [1.29, 1.82) is 0 Å². The summed E-state index contributed by atoms with van der Waals surface area (Å²) >= 11 is 5.79. The van der Waals surface area contributed by atoms with Crippen LogP contribution in [-0.4, -0.2) is 36.5 Å². The van der Waals surface area contributed by atoms with E-state index in [9.17, 15) is 9.18 Å². The summed E-state index contributed by atoms with van der Waals surface area (Å²) in [6.07, 6.45) is 0. The van der Waals surface area contributed by atoms with Crippen LogP contribution >= 0.6 is 11.6 Å². The first-order valence-corrected chi connectivity index (χ1v) is 5.65. The molecule has 3 N–H and O–H groups in total. The van der Waals surface area contributed by atoms with Gasteiger partial charge in [-0.25, -0.2) is 4.39 Å². The largest absolute Gasteiger partial charge is 0.325 e. The summed E-state index contributed by atoms with van der Waals surface area (Å²) in [6, 6.07) is 4.02. The molecule has 1 heterocycles. The van der Waals surface area contributed by atoms with Crippen molar-refractivity contribution in [1.82, 2.24) is 4.90 Å². The van der Waals surface area contributed by atoms with Gasteiger partial charge in [0.25, 0.3) is 0 Å². The van der Waals surface area contributed by atoms with Crippen LogP contribution in [0.2, 0.25) is 5.02 Å². The minimum atomic E-state index is -0.429. The Labute approximate surface area is 104 Å². The van der Waals surface area contributed by atoms with Gasteiger partial charge >= 0.3 is 0 Å². The van der Waals surface area contributed by atoms with Crippen LogP contribution in [0, 0.1) is 5.82 Å². The maximum atomic E-state index is 12.8. The molecule has 0 saturated carbocycles. The average molecular weight is 258 g/mol. The number of likely N-dealkylation sites (tertiary alicyclic amines) is 1. The highest BCUT2D eigenvalue weighted by molar-refractivity contribution is 6.33. The Morgan fingerprint density at radius 3 is 2.88 bits per heavy atom. The number of anilines is 1. The Bertz CT molecular complexity index is 435. The van der Waals surface area contributed by atoms with E-state index in [-0.39, 0.29) is 23.5 Å². The summed E-state index contributed by atoms with van der Waals surface area (Å²) in [4.78, 5) is 13.5. The summed E-state index contributed by atoms with van der Waals surface area (Å²) in [6.45, 7) is 1.73. The number of hydrogen-bond acceptors (Lipinski definition) is 3. The normalized spacial score (nSPS) is 16.6. The minimum absolute atomic E-state index is 0.164. The third-order valence-corrected chi connectivity index (χ3v) is 2.87. The van der Waals surface area contributed by atoms with Crippen molar-refractivity contribution in [2.75, 3.05) is 25.0 Å². The van der Waals surface area contributed by atoms with Crippen LogP contribution in [0.25, 0.3) is 0 Å². The first kappa shape index (κ1) is 12.3. The van der Waals surface area contributed by atoms with Gasteiger partial charge in [0.1, 0.15) is 5.82 Å². The second kappa shape index (κ2) is 5.00. The summed E-state index contributed by atoms with van der Waals surface area (Å²) in [5.41, 5.74) is 6.02. The molecule has 0 atom stereocenters. The molecule has 0 aromatic heterocycles. The van der Waals surface area contributed by atoms with Crippen molar-refractivity contribution >= 4 is 23.2 Å². The molecule has 1 fully saturated rings. The van der Waals surface area contributed by atoms with Gasteiger partial charge in [0.2, 0.25) is 5.91 Å². The van der Waals surface area contributed by atoms with E-state index in [0.29, 0.717) is 5.69 Å². The smallest absolute Gasteiger partial charge is 0.238 e. The predicted octanol–water partition coefficient (Wildman–Crippen LogP) is 1.06. The lowest BCUT2D eigenvalue weighted by molar-refractivity contribution is -0.118. The van der Waals surface area contributed by atoms with Gasteiger partial charge in [-0.2, -0.15) is 0 Å². The van der Waals surface area contributed by atoms with Crippen molar-refractivity contribution in [3.05, 3.63) is 29.0 Å². The van der Waals surface area contributed by atoms with Crippen LogP contribution in [0.4, 0.5) is 10.1 Å². The quantitative estimate of drug-likeness (QED) is 0.851. The van der Waals surface area contributed by atoms with Crippen LogP contribution < -0.4 is 11.1 Å². The summed E-state index contributed by atoms with van der Waals surface area (Å²) < 4.78 is 12.8. The first-order chi connectivity index (χ1) is 8.04. The van der Waals surface area contributed by atoms with Crippen molar-refractivity contribution in [2.24, 2.45) is 5.73 Å². The topological polar surface area (TPSA) is 58.4 Å². The predicted molar refractivity (Wildman–Crippen MR) is 64.5 cm³/mol. The van der Waals surface area contributed by atoms with Gasteiger partial charge < -0.3 is 11.1 Å². The monoisotopic (exact) mass is 257 g/mol. The molecule has 1 aromatic rings. The number of benzene rings is 1. The molecule has 0 spiro atoms. The van der Waals surface area contributed by atoms with Gasteiger partial charge in [-0.05, 0) is 18.2 Å². The van der Waals surface area contributed by atoms with Gasteiger partial charge in [0.05, 0.1) is 17.3 Å². The molecule has 6 heteroatoms. The first-order valence-electron chi connectivity index (χ1n) is 5.27. The van der Waals surface area contributed by atoms with E-state index in [2.05, 4.69) is 5.32 Å². The highest BCUT2D eigenvalue weighted by Gasteiger charge is 2.24. The van der Waals surface area contributed by atoms with Crippen molar-refractivity contribution in [2.45, 2.75) is 6.04 Å². The van der Waals surface area contributed by atoms with E-state index in [0.717, 1.165) is 19.2 Å². The fourth-order valence-electron chi connectivity index (χ4n) is 1.72. The number of nitrogens with two attached hydrogens (primary N) is 1. The van der Waals surface area contributed by atoms with Gasteiger partial charge in [0, 0.05) is 19.1 Å². The second-order valence-electron chi connectivity index (χ2n) is 4.13. The average Bonchev–Trinajstić information content (AvgIpc) is 2.20. The Morgan fingerprint density at radius 2 is 2.29 bits per heavy atom. The highest BCUT2D eigenvalue weighted by atomic mass is 35.5. The Balaban J connectivity index is 1.89. The molecule has 4 nitrogen and oxygen atoms in total. The molecule has 17 heavy (non-hydrogen) atoms. The molecule has 1 amide bonds. The van der Waals surface area contributed by atoms with Crippen LogP contribution in [0.3, 0.4) is 0 Å².